The number of ketones is 1. The van der Waals surface area contributed by atoms with Gasteiger partial charge in [-0.1, -0.05) is 0 Å². The summed E-state index contributed by atoms with van der Waals surface area (Å²) in [5, 5.41) is 9.03. The van der Waals surface area contributed by atoms with Crippen LogP contribution in [0.15, 0.2) is 36.4 Å². The highest BCUT2D eigenvalue weighted by Crippen LogP contribution is 2.23. The zero-order valence-corrected chi connectivity index (χ0v) is 10.4. The molecule has 2 rings (SSSR count). The average Bonchev–Trinajstić information content (AvgIpc) is 2.41. The summed E-state index contributed by atoms with van der Waals surface area (Å²) >= 11 is 0. The molecule has 0 aliphatic rings. The van der Waals surface area contributed by atoms with Gasteiger partial charge in [0.25, 0.3) is 0 Å². The number of hydrogen-bond donors (Lipinski definition) is 0. The molecule has 0 saturated heterocycles. The lowest BCUT2D eigenvalue weighted by atomic mass is 9.91. The molecule has 0 radical (unpaired) electrons. The molecule has 0 aliphatic heterocycles. The summed E-state index contributed by atoms with van der Waals surface area (Å²) in [6.45, 7) is 0. The highest BCUT2D eigenvalue weighted by Gasteiger charge is 2.24. The second kappa shape index (κ2) is 5.75. The van der Waals surface area contributed by atoms with Crippen molar-refractivity contribution in [2.45, 2.75) is 5.92 Å². The van der Waals surface area contributed by atoms with Crippen LogP contribution in [0.2, 0.25) is 0 Å². The van der Waals surface area contributed by atoms with Gasteiger partial charge in [0, 0.05) is 11.6 Å². The van der Waals surface area contributed by atoms with E-state index >= 15 is 0 Å². The van der Waals surface area contributed by atoms with E-state index in [0.29, 0.717) is 12.1 Å². The molecule has 2 nitrogen and oxygen atoms in total. The van der Waals surface area contributed by atoms with E-state index in [4.69, 9.17) is 5.26 Å². The third-order valence-corrected chi connectivity index (χ3v) is 2.81. The van der Waals surface area contributed by atoms with Gasteiger partial charge >= 0.3 is 0 Å². The lowest BCUT2D eigenvalue weighted by Crippen LogP contribution is -2.12. The standard InChI is InChI=1S/C15H7F4NO/c16-10-3-9(4-11(17)6-10)12(7-20)15(21)8-1-2-13(18)14(19)5-8/h1-6,12H. The van der Waals surface area contributed by atoms with Crippen molar-refractivity contribution in [1.82, 2.24) is 0 Å². The number of nitrogens with zero attached hydrogens (tertiary/aromatic N) is 1. The van der Waals surface area contributed by atoms with Crippen LogP contribution in [0, 0.1) is 34.6 Å². The van der Waals surface area contributed by atoms with Crippen LogP contribution in [0.3, 0.4) is 0 Å². The maximum atomic E-state index is 13.1. The molecule has 106 valence electrons. The lowest BCUT2D eigenvalue weighted by Gasteiger charge is -2.09. The Labute approximate surface area is 117 Å². The fourth-order valence-electron chi connectivity index (χ4n) is 1.84. The van der Waals surface area contributed by atoms with Gasteiger partial charge < -0.3 is 0 Å². The maximum absolute atomic E-state index is 13.1. The van der Waals surface area contributed by atoms with E-state index in [2.05, 4.69) is 0 Å². The van der Waals surface area contributed by atoms with Crippen molar-refractivity contribution in [2.75, 3.05) is 0 Å². The van der Waals surface area contributed by atoms with Gasteiger partial charge in [-0.3, -0.25) is 4.79 Å². The topological polar surface area (TPSA) is 40.9 Å². The lowest BCUT2D eigenvalue weighted by molar-refractivity contribution is 0.0978. The number of carbonyl (C=O) groups excluding carboxylic acids is 1. The van der Waals surface area contributed by atoms with Gasteiger partial charge in [-0.25, -0.2) is 17.6 Å². The van der Waals surface area contributed by atoms with E-state index in [0.717, 1.165) is 24.3 Å². The molecule has 0 bridgehead atoms. The van der Waals surface area contributed by atoms with Gasteiger partial charge in [0.1, 0.15) is 17.6 Å². The molecular formula is C15H7F4NO. The van der Waals surface area contributed by atoms with E-state index in [9.17, 15) is 22.4 Å². The maximum Gasteiger partial charge on any atom is 0.184 e. The second-order valence-electron chi connectivity index (χ2n) is 4.26. The second-order valence-corrected chi connectivity index (χ2v) is 4.26. The Morgan fingerprint density at radius 2 is 1.57 bits per heavy atom. The zero-order valence-electron chi connectivity index (χ0n) is 10.4. The van der Waals surface area contributed by atoms with Crippen LogP contribution in [0.4, 0.5) is 17.6 Å². The predicted octanol–water partition coefficient (Wildman–Crippen LogP) is 3.73. The monoisotopic (exact) mass is 293 g/mol. The molecule has 2 aromatic carbocycles. The number of Topliss-reactive ketones (excluding diaryl/α,β-unsaturated/α-hetero) is 1. The third-order valence-electron chi connectivity index (χ3n) is 2.81. The molecule has 0 N–H and O–H groups in total. The third kappa shape index (κ3) is 3.08. The number of benzene rings is 2. The van der Waals surface area contributed by atoms with Gasteiger partial charge in [0.05, 0.1) is 6.07 Å². The van der Waals surface area contributed by atoms with Gasteiger partial charge in [-0.15, -0.1) is 0 Å². The molecule has 0 aliphatic carbocycles. The minimum absolute atomic E-state index is 0.190. The average molecular weight is 293 g/mol. The molecule has 1 unspecified atom stereocenters. The smallest absolute Gasteiger partial charge is 0.184 e. The number of rotatable bonds is 3. The van der Waals surface area contributed by atoms with E-state index in [1.165, 1.54) is 0 Å². The van der Waals surface area contributed by atoms with Crippen molar-refractivity contribution in [2.24, 2.45) is 0 Å². The van der Waals surface area contributed by atoms with Crippen molar-refractivity contribution in [3.8, 4) is 6.07 Å². The van der Waals surface area contributed by atoms with Crippen LogP contribution in [-0.4, -0.2) is 5.78 Å². The first-order valence-electron chi connectivity index (χ1n) is 5.77. The van der Waals surface area contributed by atoms with Crippen LogP contribution < -0.4 is 0 Å². The Kier molecular flexibility index (Phi) is 4.03. The van der Waals surface area contributed by atoms with E-state index in [-0.39, 0.29) is 11.1 Å². The Morgan fingerprint density at radius 1 is 0.952 bits per heavy atom. The number of hydrogen-bond acceptors (Lipinski definition) is 2. The number of nitriles is 1. The SMILES string of the molecule is N#CC(C(=O)c1ccc(F)c(F)c1)c1cc(F)cc(F)c1. The van der Waals surface area contributed by atoms with Gasteiger partial charge in [-0.05, 0) is 35.9 Å². The van der Waals surface area contributed by atoms with Gasteiger partial charge in [0.2, 0.25) is 0 Å². The quantitative estimate of drug-likeness (QED) is 0.639. The Morgan fingerprint density at radius 3 is 2.10 bits per heavy atom. The molecule has 1 atom stereocenters. The predicted molar refractivity (Wildman–Crippen MR) is 65.4 cm³/mol. The molecule has 6 heteroatoms. The normalized spacial score (nSPS) is 11.8. The Bertz CT molecular complexity index is 732. The van der Waals surface area contributed by atoms with Crippen LogP contribution in [0.5, 0.6) is 0 Å². The molecule has 0 heterocycles. The van der Waals surface area contributed by atoms with Gasteiger partial charge in [-0.2, -0.15) is 5.26 Å². The van der Waals surface area contributed by atoms with E-state index in [1.54, 1.807) is 6.07 Å². The first-order chi connectivity index (χ1) is 9.92. The molecular weight excluding hydrogens is 286 g/mol. The molecule has 0 aromatic heterocycles. The van der Waals surface area contributed by atoms with Gasteiger partial charge in [0.15, 0.2) is 17.4 Å². The van der Waals surface area contributed by atoms with Crippen LogP contribution in [0.25, 0.3) is 0 Å². The fraction of sp³-hybridized carbons (Fsp3) is 0.0667. The minimum atomic E-state index is -1.51. The summed E-state index contributed by atoms with van der Waals surface area (Å²) in [6, 6.07) is 6.26. The van der Waals surface area contributed by atoms with Crippen molar-refractivity contribution in [3.63, 3.8) is 0 Å². The summed E-state index contributed by atoms with van der Waals surface area (Å²) < 4.78 is 52.2. The Hall–Kier alpha value is -2.68. The molecule has 0 fully saturated rings. The van der Waals surface area contributed by atoms with Crippen molar-refractivity contribution in [1.29, 1.82) is 5.26 Å². The molecule has 0 saturated carbocycles. The van der Waals surface area contributed by atoms with Crippen molar-refractivity contribution in [3.05, 3.63) is 70.8 Å². The minimum Gasteiger partial charge on any atom is -0.292 e. The van der Waals surface area contributed by atoms with Crippen molar-refractivity contribution < 1.29 is 22.4 Å². The molecule has 0 amide bonds. The molecule has 2 aromatic rings. The van der Waals surface area contributed by atoms with Crippen molar-refractivity contribution >= 4 is 5.78 Å². The van der Waals surface area contributed by atoms with E-state index in [1.807, 2.05) is 0 Å². The summed E-state index contributed by atoms with van der Waals surface area (Å²) in [4.78, 5) is 12.1. The summed E-state index contributed by atoms with van der Waals surface area (Å²) in [7, 11) is 0. The largest absolute Gasteiger partial charge is 0.292 e. The fourth-order valence-corrected chi connectivity index (χ4v) is 1.84. The number of halogens is 4. The Balaban J connectivity index is 2.43. The summed E-state index contributed by atoms with van der Waals surface area (Å²) in [5.41, 5.74) is -0.449. The summed E-state index contributed by atoms with van der Waals surface area (Å²) in [5.74, 6) is -6.66. The number of carbonyl (C=O) groups is 1. The highest BCUT2D eigenvalue weighted by molar-refractivity contribution is 6.02. The summed E-state index contributed by atoms with van der Waals surface area (Å²) in [6.07, 6.45) is 0. The van der Waals surface area contributed by atoms with E-state index < -0.39 is 35.0 Å². The van der Waals surface area contributed by atoms with Crippen LogP contribution >= 0.6 is 0 Å². The first-order valence-corrected chi connectivity index (χ1v) is 5.77. The van der Waals surface area contributed by atoms with Crippen LogP contribution in [0.1, 0.15) is 21.8 Å². The molecule has 0 spiro atoms. The highest BCUT2D eigenvalue weighted by atomic mass is 19.2. The zero-order chi connectivity index (χ0) is 15.6. The first kappa shape index (κ1) is 14.7. The van der Waals surface area contributed by atoms with Crippen LogP contribution in [-0.2, 0) is 0 Å². The molecule has 21 heavy (non-hydrogen) atoms.